The molecule has 0 radical (unpaired) electrons. The number of hydrogen-bond donors (Lipinski definition) is 1. The van der Waals surface area contributed by atoms with Crippen LogP contribution >= 0.6 is 11.8 Å². The summed E-state index contributed by atoms with van der Waals surface area (Å²) in [6.45, 7) is 0. The zero-order chi connectivity index (χ0) is 13.2. The molecule has 1 aliphatic rings. The highest BCUT2D eigenvalue weighted by Gasteiger charge is 2.25. The Hall–Kier alpha value is -1.30. The number of fused-ring (bicyclic) bond motifs is 1. The first-order valence-corrected chi connectivity index (χ1v) is 7.86. The minimum atomic E-state index is -0.302. The third-order valence-electron chi connectivity index (χ3n) is 3.61. The molecule has 2 aromatic heterocycles. The van der Waals surface area contributed by atoms with Crippen molar-refractivity contribution in [2.45, 2.75) is 37.0 Å². The maximum Gasteiger partial charge on any atom is 0.243 e. The van der Waals surface area contributed by atoms with Gasteiger partial charge in [-0.3, -0.25) is 0 Å². The van der Waals surface area contributed by atoms with E-state index in [-0.39, 0.29) is 5.82 Å². The van der Waals surface area contributed by atoms with Crippen molar-refractivity contribution in [3.63, 3.8) is 0 Å². The predicted molar refractivity (Wildman–Crippen MR) is 76.1 cm³/mol. The summed E-state index contributed by atoms with van der Waals surface area (Å²) in [4.78, 5) is 4.38. The largest absolute Gasteiger partial charge is 0.349 e. The number of halogens is 1. The van der Waals surface area contributed by atoms with E-state index in [1.807, 2.05) is 11.8 Å². The molecule has 3 rings (SSSR count). The Morgan fingerprint density at radius 3 is 3.05 bits per heavy atom. The van der Waals surface area contributed by atoms with Crippen LogP contribution in [0.4, 0.5) is 10.3 Å². The zero-order valence-corrected chi connectivity index (χ0v) is 11.7. The Labute approximate surface area is 115 Å². The van der Waals surface area contributed by atoms with Crippen molar-refractivity contribution >= 4 is 23.4 Å². The van der Waals surface area contributed by atoms with E-state index in [4.69, 9.17) is 0 Å². The fourth-order valence-corrected chi connectivity index (χ4v) is 3.56. The smallest absolute Gasteiger partial charge is 0.243 e. The minimum absolute atomic E-state index is 0.302. The van der Waals surface area contributed by atoms with Gasteiger partial charge in [-0.05, 0) is 31.2 Å². The first-order valence-electron chi connectivity index (χ1n) is 6.57. The number of rotatable bonds is 3. The third-order valence-corrected chi connectivity index (χ3v) is 4.78. The molecule has 0 aromatic carbocycles. The van der Waals surface area contributed by atoms with Crippen molar-refractivity contribution in [2.75, 3.05) is 11.6 Å². The van der Waals surface area contributed by atoms with Crippen LogP contribution in [-0.4, -0.2) is 32.1 Å². The van der Waals surface area contributed by atoms with Gasteiger partial charge in [0, 0.05) is 11.3 Å². The standard InChI is InChI=1S/C13H17FN4S/c1-19-11-5-3-2-4-10(11)15-13-16-12-7-6-9(14)8-18(12)17-13/h6-8,10-11H,2-5H2,1H3,(H,15,17). The van der Waals surface area contributed by atoms with E-state index in [0.717, 1.165) is 6.42 Å². The molecule has 2 heterocycles. The fourth-order valence-electron chi connectivity index (χ4n) is 2.63. The summed E-state index contributed by atoms with van der Waals surface area (Å²) >= 11 is 1.90. The summed E-state index contributed by atoms with van der Waals surface area (Å²) in [5, 5.41) is 8.29. The van der Waals surface area contributed by atoms with Gasteiger partial charge >= 0.3 is 0 Å². The summed E-state index contributed by atoms with van der Waals surface area (Å²) in [6.07, 6.45) is 8.43. The SMILES string of the molecule is CSC1CCCCC1Nc1nc2ccc(F)cn2n1. The van der Waals surface area contributed by atoms with Crippen molar-refractivity contribution in [1.82, 2.24) is 14.6 Å². The molecule has 6 heteroatoms. The molecule has 19 heavy (non-hydrogen) atoms. The van der Waals surface area contributed by atoms with Gasteiger partial charge in [0.2, 0.25) is 5.95 Å². The Morgan fingerprint density at radius 2 is 2.21 bits per heavy atom. The number of pyridine rings is 1. The molecular weight excluding hydrogens is 263 g/mol. The molecule has 0 saturated heterocycles. The van der Waals surface area contributed by atoms with E-state index in [9.17, 15) is 4.39 Å². The van der Waals surface area contributed by atoms with E-state index in [1.54, 1.807) is 6.07 Å². The number of thioether (sulfide) groups is 1. The van der Waals surface area contributed by atoms with Crippen LogP contribution in [0.25, 0.3) is 5.65 Å². The van der Waals surface area contributed by atoms with E-state index in [0.29, 0.717) is 22.9 Å². The first-order chi connectivity index (χ1) is 9.26. The van der Waals surface area contributed by atoms with E-state index >= 15 is 0 Å². The maximum atomic E-state index is 13.1. The topological polar surface area (TPSA) is 42.2 Å². The van der Waals surface area contributed by atoms with Gasteiger partial charge in [-0.1, -0.05) is 12.8 Å². The zero-order valence-electron chi connectivity index (χ0n) is 10.8. The summed E-state index contributed by atoms with van der Waals surface area (Å²) in [6, 6.07) is 3.45. The summed E-state index contributed by atoms with van der Waals surface area (Å²) in [5.74, 6) is 0.292. The molecule has 0 bridgehead atoms. The number of aromatic nitrogens is 3. The highest BCUT2D eigenvalue weighted by atomic mass is 32.2. The van der Waals surface area contributed by atoms with Crippen molar-refractivity contribution in [1.29, 1.82) is 0 Å². The van der Waals surface area contributed by atoms with E-state index in [1.165, 1.54) is 36.0 Å². The molecule has 1 aliphatic carbocycles. The minimum Gasteiger partial charge on any atom is -0.349 e. The first kappa shape index (κ1) is 12.7. The Kier molecular flexibility index (Phi) is 3.59. The molecule has 2 unspecified atom stereocenters. The number of nitrogens with zero attached hydrogens (tertiary/aromatic N) is 3. The molecule has 102 valence electrons. The number of nitrogens with one attached hydrogen (secondary N) is 1. The highest BCUT2D eigenvalue weighted by molar-refractivity contribution is 7.99. The second kappa shape index (κ2) is 5.36. The predicted octanol–water partition coefficient (Wildman–Crippen LogP) is 2.95. The Bertz CT molecular complexity index is 571. The lowest BCUT2D eigenvalue weighted by Gasteiger charge is -2.30. The molecular formula is C13H17FN4S. The maximum absolute atomic E-state index is 13.1. The van der Waals surface area contributed by atoms with Gasteiger partial charge in [0.1, 0.15) is 5.82 Å². The fraction of sp³-hybridized carbons (Fsp3) is 0.538. The van der Waals surface area contributed by atoms with Crippen LogP contribution in [0.5, 0.6) is 0 Å². The number of hydrogen-bond acceptors (Lipinski definition) is 4. The molecule has 4 nitrogen and oxygen atoms in total. The van der Waals surface area contributed by atoms with Crippen LogP contribution in [0.2, 0.25) is 0 Å². The van der Waals surface area contributed by atoms with Crippen LogP contribution < -0.4 is 5.32 Å². The van der Waals surface area contributed by atoms with Gasteiger partial charge in [-0.15, -0.1) is 5.10 Å². The lowest BCUT2D eigenvalue weighted by atomic mass is 9.95. The lowest BCUT2D eigenvalue weighted by Crippen LogP contribution is -2.34. The van der Waals surface area contributed by atoms with Crippen molar-refractivity contribution in [3.05, 3.63) is 24.1 Å². The van der Waals surface area contributed by atoms with Crippen LogP contribution in [0, 0.1) is 5.82 Å². The van der Waals surface area contributed by atoms with Crippen molar-refractivity contribution in [2.24, 2.45) is 0 Å². The average Bonchev–Trinajstić information content (AvgIpc) is 2.80. The van der Waals surface area contributed by atoms with Crippen LogP contribution in [-0.2, 0) is 0 Å². The molecule has 0 aliphatic heterocycles. The molecule has 0 spiro atoms. The van der Waals surface area contributed by atoms with Gasteiger partial charge in [0.15, 0.2) is 5.65 Å². The quantitative estimate of drug-likeness (QED) is 0.938. The van der Waals surface area contributed by atoms with Crippen molar-refractivity contribution in [3.8, 4) is 0 Å². The molecule has 1 fully saturated rings. The molecule has 1 N–H and O–H groups in total. The molecule has 1 saturated carbocycles. The monoisotopic (exact) mass is 280 g/mol. The molecule has 2 atom stereocenters. The third kappa shape index (κ3) is 2.68. The normalized spacial score (nSPS) is 23.7. The summed E-state index contributed by atoms with van der Waals surface area (Å²) < 4.78 is 14.6. The van der Waals surface area contributed by atoms with Gasteiger partial charge in [0.05, 0.1) is 6.20 Å². The highest BCUT2D eigenvalue weighted by Crippen LogP contribution is 2.28. The summed E-state index contributed by atoms with van der Waals surface area (Å²) in [7, 11) is 0. The molecule has 2 aromatic rings. The second-order valence-corrected chi connectivity index (χ2v) is 5.97. The molecule has 0 amide bonds. The lowest BCUT2D eigenvalue weighted by molar-refractivity contribution is 0.473. The van der Waals surface area contributed by atoms with Crippen LogP contribution in [0.15, 0.2) is 18.3 Å². The van der Waals surface area contributed by atoms with Gasteiger partial charge in [-0.2, -0.15) is 16.7 Å². The Morgan fingerprint density at radius 1 is 1.37 bits per heavy atom. The second-order valence-electron chi connectivity index (χ2n) is 4.89. The van der Waals surface area contributed by atoms with E-state index in [2.05, 4.69) is 21.7 Å². The van der Waals surface area contributed by atoms with Gasteiger partial charge < -0.3 is 5.32 Å². The van der Waals surface area contributed by atoms with Gasteiger partial charge in [0.25, 0.3) is 0 Å². The average molecular weight is 280 g/mol. The summed E-state index contributed by atoms with van der Waals surface area (Å²) in [5.41, 5.74) is 0.667. The van der Waals surface area contributed by atoms with Gasteiger partial charge in [-0.25, -0.2) is 8.91 Å². The van der Waals surface area contributed by atoms with Crippen LogP contribution in [0.1, 0.15) is 25.7 Å². The van der Waals surface area contributed by atoms with Crippen LogP contribution in [0.3, 0.4) is 0 Å². The van der Waals surface area contributed by atoms with Crippen molar-refractivity contribution < 1.29 is 4.39 Å². The number of anilines is 1. The van der Waals surface area contributed by atoms with E-state index < -0.39 is 0 Å². The Balaban J connectivity index is 1.80.